The topological polar surface area (TPSA) is 12.4 Å². The van der Waals surface area contributed by atoms with Crippen LogP contribution in [0.5, 0.6) is 0 Å². The van der Waals surface area contributed by atoms with E-state index in [4.69, 9.17) is 0 Å². The van der Waals surface area contributed by atoms with Gasteiger partial charge in [0.2, 0.25) is 0 Å². The lowest BCUT2D eigenvalue weighted by atomic mass is 10.1. The van der Waals surface area contributed by atoms with Gasteiger partial charge in [0.15, 0.2) is 0 Å². The molecule has 0 aliphatic rings. The quantitative estimate of drug-likeness (QED) is 0.395. The zero-order chi connectivity index (χ0) is 7.28. The number of nitrogens with zero attached hydrogens (tertiary/aromatic N) is 1. The first-order valence-corrected chi connectivity index (χ1v) is 2.98. The summed E-state index contributed by atoms with van der Waals surface area (Å²) in [5.41, 5.74) is 2.43. The van der Waals surface area contributed by atoms with Crippen LogP contribution in [0.3, 0.4) is 0 Å². The second kappa shape index (κ2) is 4.07. The molecule has 1 nitrogen and oxygen atoms in total. The molecule has 0 bridgehead atoms. The van der Waals surface area contributed by atoms with E-state index < -0.39 is 0 Å². The Balaban J connectivity index is 4.19. The van der Waals surface area contributed by atoms with Gasteiger partial charge in [-0.3, -0.25) is 4.99 Å². The minimum absolute atomic E-state index is 1.17. The molecule has 0 spiro atoms. The van der Waals surface area contributed by atoms with Crippen LogP contribution >= 0.6 is 0 Å². The molecular formula is C8H13N. The van der Waals surface area contributed by atoms with E-state index in [9.17, 15) is 0 Å². The lowest BCUT2D eigenvalue weighted by Crippen LogP contribution is -1.75. The first-order valence-electron chi connectivity index (χ1n) is 2.98. The zero-order valence-electron chi connectivity index (χ0n) is 6.31. The van der Waals surface area contributed by atoms with Crippen LogP contribution in [0.4, 0.5) is 0 Å². The highest BCUT2D eigenvalue weighted by molar-refractivity contribution is 5.31. The number of allylic oxidation sites excluding steroid dienone is 3. The van der Waals surface area contributed by atoms with Crippen molar-refractivity contribution in [1.29, 1.82) is 0 Å². The van der Waals surface area contributed by atoms with Crippen molar-refractivity contribution in [2.45, 2.75) is 20.8 Å². The fraction of sp³-hybridized carbons (Fsp3) is 0.375. The van der Waals surface area contributed by atoms with Gasteiger partial charge in [0.05, 0.1) is 0 Å². The molecule has 0 unspecified atom stereocenters. The molecule has 0 aromatic rings. The van der Waals surface area contributed by atoms with Crippen molar-refractivity contribution in [2.75, 3.05) is 0 Å². The van der Waals surface area contributed by atoms with Crippen LogP contribution < -0.4 is 0 Å². The third-order valence-corrected chi connectivity index (χ3v) is 1.34. The minimum Gasteiger partial charge on any atom is -0.272 e. The maximum absolute atomic E-state index is 3.65. The molecular weight excluding hydrogens is 110 g/mol. The van der Waals surface area contributed by atoms with Crippen LogP contribution in [-0.4, -0.2) is 6.72 Å². The lowest BCUT2D eigenvalue weighted by molar-refractivity contribution is 1.30. The predicted molar refractivity (Wildman–Crippen MR) is 42.7 cm³/mol. The van der Waals surface area contributed by atoms with Gasteiger partial charge in [0.1, 0.15) is 0 Å². The third-order valence-electron chi connectivity index (χ3n) is 1.34. The van der Waals surface area contributed by atoms with Crippen molar-refractivity contribution in [3.63, 3.8) is 0 Å². The molecule has 0 aromatic heterocycles. The van der Waals surface area contributed by atoms with Crippen LogP contribution in [0.15, 0.2) is 28.4 Å². The average molecular weight is 123 g/mol. The molecule has 0 amide bonds. The molecule has 0 atom stereocenters. The molecule has 0 heterocycles. The van der Waals surface area contributed by atoms with Gasteiger partial charge in [-0.1, -0.05) is 11.6 Å². The highest BCUT2D eigenvalue weighted by Gasteiger charge is 1.86. The van der Waals surface area contributed by atoms with E-state index in [0.717, 1.165) is 0 Å². The van der Waals surface area contributed by atoms with Crippen molar-refractivity contribution in [1.82, 2.24) is 0 Å². The maximum Gasteiger partial charge on any atom is 0.0292 e. The maximum atomic E-state index is 3.65. The van der Waals surface area contributed by atoms with Crippen LogP contribution in [0.1, 0.15) is 20.8 Å². The second-order valence-electron chi connectivity index (χ2n) is 1.97. The molecule has 1 heteroatoms. The van der Waals surface area contributed by atoms with Crippen molar-refractivity contribution in [3.8, 4) is 0 Å². The highest BCUT2D eigenvalue weighted by Crippen LogP contribution is 2.06. The SMILES string of the molecule is C=NC=C(C)C(C)=CC. The summed E-state index contributed by atoms with van der Waals surface area (Å²) in [4.78, 5) is 3.65. The van der Waals surface area contributed by atoms with Gasteiger partial charge < -0.3 is 0 Å². The second-order valence-corrected chi connectivity index (χ2v) is 1.97. The van der Waals surface area contributed by atoms with E-state index in [2.05, 4.69) is 24.7 Å². The number of hydrogen-bond acceptors (Lipinski definition) is 1. The van der Waals surface area contributed by atoms with Crippen LogP contribution in [-0.2, 0) is 0 Å². The van der Waals surface area contributed by atoms with Gasteiger partial charge in [-0.2, -0.15) is 0 Å². The van der Waals surface area contributed by atoms with E-state index in [0.29, 0.717) is 0 Å². The highest BCUT2D eigenvalue weighted by atomic mass is 14.6. The minimum atomic E-state index is 1.17. The summed E-state index contributed by atoms with van der Waals surface area (Å²) in [5, 5.41) is 0. The largest absolute Gasteiger partial charge is 0.272 e. The van der Waals surface area contributed by atoms with Crippen LogP contribution in [0.2, 0.25) is 0 Å². The molecule has 0 saturated heterocycles. The summed E-state index contributed by atoms with van der Waals surface area (Å²) in [5.74, 6) is 0. The molecule has 0 fully saturated rings. The Kier molecular flexibility index (Phi) is 3.69. The number of aliphatic imine (C=N–C) groups is 1. The Bertz CT molecular complexity index is 152. The summed E-state index contributed by atoms with van der Waals surface area (Å²) in [6, 6.07) is 0. The van der Waals surface area contributed by atoms with Crippen molar-refractivity contribution in [2.24, 2.45) is 4.99 Å². The molecule has 0 radical (unpaired) electrons. The van der Waals surface area contributed by atoms with Crippen molar-refractivity contribution >= 4 is 6.72 Å². The van der Waals surface area contributed by atoms with E-state index in [1.165, 1.54) is 11.1 Å². The van der Waals surface area contributed by atoms with Crippen LogP contribution in [0.25, 0.3) is 0 Å². The summed E-state index contributed by atoms with van der Waals surface area (Å²) >= 11 is 0. The van der Waals surface area contributed by atoms with Crippen molar-refractivity contribution in [3.05, 3.63) is 23.4 Å². The lowest BCUT2D eigenvalue weighted by Gasteiger charge is -1.95. The normalized spacial score (nSPS) is 13.7. The van der Waals surface area contributed by atoms with Gasteiger partial charge in [-0.25, -0.2) is 0 Å². The van der Waals surface area contributed by atoms with Gasteiger partial charge in [-0.15, -0.1) is 0 Å². The van der Waals surface area contributed by atoms with E-state index in [1.807, 2.05) is 13.8 Å². The van der Waals surface area contributed by atoms with Crippen LogP contribution in [0, 0.1) is 0 Å². The predicted octanol–water partition coefficient (Wildman–Crippen LogP) is 2.56. The number of rotatable bonds is 2. The molecule has 0 N–H and O–H groups in total. The third kappa shape index (κ3) is 2.85. The monoisotopic (exact) mass is 123 g/mol. The Labute approximate surface area is 56.8 Å². The zero-order valence-corrected chi connectivity index (χ0v) is 6.31. The average Bonchev–Trinajstić information content (AvgIpc) is 1.87. The van der Waals surface area contributed by atoms with E-state index in [1.54, 1.807) is 6.20 Å². The first kappa shape index (κ1) is 8.15. The summed E-state index contributed by atoms with van der Waals surface area (Å²) in [6.45, 7) is 9.44. The Morgan fingerprint density at radius 2 is 1.89 bits per heavy atom. The molecule has 9 heavy (non-hydrogen) atoms. The van der Waals surface area contributed by atoms with E-state index in [-0.39, 0.29) is 0 Å². The Morgan fingerprint density at radius 3 is 2.22 bits per heavy atom. The van der Waals surface area contributed by atoms with Gasteiger partial charge in [-0.05, 0) is 33.1 Å². The molecule has 50 valence electrons. The van der Waals surface area contributed by atoms with E-state index >= 15 is 0 Å². The standard InChI is InChI=1S/C8H13N/c1-5-7(2)8(3)6-9-4/h5-6H,4H2,1-3H3. The summed E-state index contributed by atoms with van der Waals surface area (Å²) in [7, 11) is 0. The Morgan fingerprint density at radius 1 is 1.33 bits per heavy atom. The molecule has 0 aliphatic heterocycles. The van der Waals surface area contributed by atoms with Gasteiger partial charge in [0, 0.05) is 6.20 Å². The molecule has 0 aliphatic carbocycles. The van der Waals surface area contributed by atoms with Gasteiger partial charge >= 0.3 is 0 Å². The summed E-state index contributed by atoms with van der Waals surface area (Å²) in [6.07, 6.45) is 3.81. The molecule has 0 saturated carbocycles. The molecule has 0 aromatic carbocycles. The fourth-order valence-electron chi connectivity index (χ4n) is 0.466. The number of hydrogen-bond donors (Lipinski definition) is 0. The smallest absolute Gasteiger partial charge is 0.0292 e. The Hall–Kier alpha value is -0.850. The van der Waals surface area contributed by atoms with Crippen molar-refractivity contribution < 1.29 is 0 Å². The fourth-order valence-corrected chi connectivity index (χ4v) is 0.466. The molecule has 0 rings (SSSR count). The first-order chi connectivity index (χ1) is 4.22. The van der Waals surface area contributed by atoms with Gasteiger partial charge in [0.25, 0.3) is 0 Å². The summed E-state index contributed by atoms with van der Waals surface area (Å²) < 4.78 is 0.